The van der Waals surface area contributed by atoms with Gasteiger partial charge in [-0.15, -0.1) is 0 Å². The number of rotatable bonds is 6. The first-order chi connectivity index (χ1) is 5.68. The molecule has 0 amide bonds. The largest absolute Gasteiger partial charge is 0.385 e. The van der Waals surface area contributed by atoms with Gasteiger partial charge in [0, 0.05) is 13.7 Å². The van der Waals surface area contributed by atoms with Crippen LogP contribution in [0.25, 0.3) is 0 Å². The van der Waals surface area contributed by atoms with Crippen molar-refractivity contribution >= 4 is 0 Å². The zero-order valence-corrected chi connectivity index (χ0v) is 8.18. The number of hydrogen-bond donors (Lipinski definition) is 1. The van der Waals surface area contributed by atoms with Crippen molar-refractivity contribution in [3.8, 4) is 6.07 Å². The molecule has 0 rings (SSSR count). The minimum absolute atomic E-state index is 0.382. The highest BCUT2D eigenvalue weighted by molar-refractivity contribution is 5.03. The fourth-order valence-electron chi connectivity index (χ4n) is 1.14. The first kappa shape index (κ1) is 11.4. The summed E-state index contributed by atoms with van der Waals surface area (Å²) in [4.78, 5) is 0. The van der Waals surface area contributed by atoms with Gasteiger partial charge in [-0.1, -0.05) is 6.92 Å². The van der Waals surface area contributed by atoms with Crippen LogP contribution in [-0.2, 0) is 4.74 Å². The molecular formula is C9H18N2O. The van der Waals surface area contributed by atoms with Crippen molar-refractivity contribution in [2.45, 2.75) is 32.2 Å². The van der Waals surface area contributed by atoms with Gasteiger partial charge in [-0.25, -0.2) is 0 Å². The van der Waals surface area contributed by atoms with Crippen LogP contribution in [0.15, 0.2) is 0 Å². The number of ether oxygens (including phenoxy) is 1. The highest BCUT2D eigenvalue weighted by Crippen LogP contribution is 2.10. The van der Waals surface area contributed by atoms with Gasteiger partial charge in [0.15, 0.2) is 0 Å². The first-order valence-corrected chi connectivity index (χ1v) is 4.33. The summed E-state index contributed by atoms with van der Waals surface area (Å²) in [7, 11) is 1.68. The van der Waals surface area contributed by atoms with Gasteiger partial charge in [-0.05, 0) is 26.3 Å². The van der Waals surface area contributed by atoms with E-state index in [1.165, 1.54) is 0 Å². The zero-order chi connectivity index (χ0) is 9.45. The van der Waals surface area contributed by atoms with E-state index >= 15 is 0 Å². The minimum Gasteiger partial charge on any atom is -0.385 e. The Hall–Kier alpha value is -0.590. The molecule has 0 bridgehead atoms. The quantitative estimate of drug-likeness (QED) is 0.611. The third-order valence-electron chi connectivity index (χ3n) is 1.84. The van der Waals surface area contributed by atoms with Crippen molar-refractivity contribution < 1.29 is 4.74 Å². The zero-order valence-electron chi connectivity index (χ0n) is 8.18. The molecule has 0 aliphatic heterocycles. The summed E-state index contributed by atoms with van der Waals surface area (Å²) in [6.45, 7) is 5.48. The second-order valence-corrected chi connectivity index (χ2v) is 3.07. The molecule has 0 heterocycles. The standard InChI is InChI=1S/C9H18N2O/c1-4-11-9(2,8-10)6-5-7-12-3/h11H,4-7H2,1-3H3. The van der Waals surface area contributed by atoms with Crippen LogP contribution in [0.5, 0.6) is 0 Å². The lowest BCUT2D eigenvalue weighted by molar-refractivity contribution is 0.185. The third kappa shape index (κ3) is 4.32. The summed E-state index contributed by atoms with van der Waals surface area (Å²) >= 11 is 0. The van der Waals surface area contributed by atoms with Gasteiger partial charge in [0.1, 0.15) is 5.54 Å². The molecule has 0 spiro atoms. The molecule has 70 valence electrons. The van der Waals surface area contributed by atoms with Gasteiger partial charge in [-0.2, -0.15) is 5.26 Å². The van der Waals surface area contributed by atoms with Gasteiger partial charge in [0.2, 0.25) is 0 Å². The average Bonchev–Trinajstić information content (AvgIpc) is 2.06. The van der Waals surface area contributed by atoms with Crippen LogP contribution in [0.2, 0.25) is 0 Å². The Balaban J connectivity index is 3.73. The molecule has 0 fully saturated rings. The van der Waals surface area contributed by atoms with Crippen LogP contribution in [0, 0.1) is 11.3 Å². The summed E-state index contributed by atoms with van der Waals surface area (Å²) in [6.07, 6.45) is 1.76. The minimum atomic E-state index is -0.382. The van der Waals surface area contributed by atoms with Crippen molar-refractivity contribution in [1.82, 2.24) is 5.32 Å². The molecule has 0 aromatic carbocycles. The number of methoxy groups -OCH3 is 1. The van der Waals surface area contributed by atoms with E-state index in [0.717, 1.165) is 26.0 Å². The Labute approximate surface area is 74.7 Å². The Morgan fingerprint density at radius 1 is 1.58 bits per heavy atom. The molecule has 3 nitrogen and oxygen atoms in total. The normalized spacial score (nSPS) is 15.2. The summed E-state index contributed by atoms with van der Waals surface area (Å²) in [5.41, 5.74) is -0.382. The Kier molecular flexibility index (Phi) is 5.69. The van der Waals surface area contributed by atoms with Crippen LogP contribution in [0.4, 0.5) is 0 Å². The van der Waals surface area contributed by atoms with E-state index in [1.807, 2.05) is 13.8 Å². The maximum atomic E-state index is 8.86. The van der Waals surface area contributed by atoms with Crippen LogP contribution in [-0.4, -0.2) is 25.8 Å². The van der Waals surface area contributed by atoms with E-state index in [9.17, 15) is 0 Å². The monoisotopic (exact) mass is 170 g/mol. The van der Waals surface area contributed by atoms with Crippen LogP contribution in [0.1, 0.15) is 26.7 Å². The number of nitrogens with one attached hydrogen (secondary N) is 1. The second kappa shape index (κ2) is 5.99. The van der Waals surface area contributed by atoms with E-state index in [1.54, 1.807) is 7.11 Å². The van der Waals surface area contributed by atoms with Crippen molar-refractivity contribution in [3.63, 3.8) is 0 Å². The molecule has 0 saturated heterocycles. The molecule has 0 aliphatic rings. The molecule has 1 N–H and O–H groups in total. The Morgan fingerprint density at radius 3 is 2.67 bits per heavy atom. The fraction of sp³-hybridized carbons (Fsp3) is 0.889. The molecule has 0 aromatic heterocycles. The van der Waals surface area contributed by atoms with E-state index in [2.05, 4.69) is 11.4 Å². The molecule has 12 heavy (non-hydrogen) atoms. The SMILES string of the molecule is CCNC(C)(C#N)CCCOC. The summed E-state index contributed by atoms with van der Waals surface area (Å²) in [6, 6.07) is 2.27. The van der Waals surface area contributed by atoms with Crippen molar-refractivity contribution in [3.05, 3.63) is 0 Å². The lowest BCUT2D eigenvalue weighted by Crippen LogP contribution is -2.40. The Bertz CT molecular complexity index is 153. The maximum absolute atomic E-state index is 8.86. The smallest absolute Gasteiger partial charge is 0.104 e. The first-order valence-electron chi connectivity index (χ1n) is 4.33. The van der Waals surface area contributed by atoms with E-state index in [0.29, 0.717) is 0 Å². The van der Waals surface area contributed by atoms with Crippen LogP contribution >= 0.6 is 0 Å². The van der Waals surface area contributed by atoms with Crippen molar-refractivity contribution in [2.75, 3.05) is 20.3 Å². The molecule has 0 saturated carbocycles. The number of hydrogen-bond acceptors (Lipinski definition) is 3. The van der Waals surface area contributed by atoms with Crippen molar-refractivity contribution in [1.29, 1.82) is 5.26 Å². The average molecular weight is 170 g/mol. The van der Waals surface area contributed by atoms with Gasteiger partial charge in [0.25, 0.3) is 0 Å². The predicted octanol–water partition coefficient (Wildman–Crippen LogP) is 1.30. The highest BCUT2D eigenvalue weighted by atomic mass is 16.5. The lowest BCUT2D eigenvalue weighted by atomic mass is 9.98. The summed E-state index contributed by atoms with van der Waals surface area (Å²) in [5.74, 6) is 0. The maximum Gasteiger partial charge on any atom is 0.104 e. The van der Waals surface area contributed by atoms with E-state index < -0.39 is 0 Å². The van der Waals surface area contributed by atoms with Crippen LogP contribution < -0.4 is 5.32 Å². The van der Waals surface area contributed by atoms with Gasteiger partial charge in [-0.3, -0.25) is 5.32 Å². The number of nitriles is 1. The molecule has 0 aromatic rings. The topological polar surface area (TPSA) is 45.0 Å². The molecule has 3 heteroatoms. The Morgan fingerprint density at radius 2 is 2.25 bits per heavy atom. The number of nitrogens with zero attached hydrogens (tertiary/aromatic N) is 1. The summed E-state index contributed by atoms with van der Waals surface area (Å²) < 4.78 is 4.92. The second-order valence-electron chi connectivity index (χ2n) is 3.07. The molecule has 1 atom stereocenters. The predicted molar refractivity (Wildman–Crippen MR) is 48.8 cm³/mol. The third-order valence-corrected chi connectivity index (χ3v) is 1.84. The molecule has 1 unspecified atom stereocenters. The fourth-order valence-corrected chi connectivity index (χ4v) is 1.14. The molecule has 0 radical (unpaired) electrons. The van der Waals surface area contributed by atoms with Crippen LogP contribution in [0.3, 0.4) is 0 Å². The highest BCUT2D eigenvalue weighted by Gasteiger charge is 2.20. The van der Waals surface area contributed by atoms with Gasteiger partial charge in [0.05, 0.1) is 6.07 Å². The van der Waals surface area contributed by atoms with Gasteiger partial charge < -0.3 is 4.74 Å². The van der Waals surface area contributed by atoms with E-state index in [-0.39, 0.29) is 5.54 Å². The molecular weight excluding hydrogens is 152 g/mol. The lowest BCUT2D eigenvalue weighted by Gasteiger charge is -2.21. The van der Waals surface area contributed by atoms with Crippen molar-refractivity contribution in [2.24, 2.45) is 0 Å². The summed E-state index contributed by atoms with van der Waals surface area (Å²) in [5, 5.41) is 12.0. The van der Waals surface area contributed by atoms with Gasteiger partial charge >= 0.3 is 0 Å². The molecule has 0 aliphatic carbocycles. The van der Waals surface area contributed by atoms with E-state index in [4.69, 9.17) is 10.00 Å².